The van der Waals surface area contributed by atoms with Crippen molar-refractivity contribution in [3.05, 3.63) is 23.8 Å². The Balaban J connectivity index is 3.18. The summed E-state index contributed by atoms with van der Waals surface area (Å²) in [5.74, 6) is 1.01. The molecule has 0 atom stereocenters. The van der Waals surface area contributed by atoms with Crippen LogP contribution in [0.15, 0.2) is 18.2 Å². The van der Waals surface area contributed by atoms with Crippen molar-refractivity contribution in [2.45, 2.75) is 26.2 Å². The zero-order valence-corrected chi connectivity index (χ0v) is 11.6. The van der Waals surface area contributed by atoms with Gasteiger partial charge < -0.3 is 14.2 Å². The van der Waals surface area contributed by atoms with Crippen LogP contribution < -0.4 is 9.47 Å². The number of hydrogen-bond donors (Lipinski definition) is 0. The van der Waals surface area contributed by atoms with Gasteiger partial charge in [-0.25, -0.2) is 0 Å². The average molecular weight is 252 g/mol. The largest absolute Gasteiger partial charge is 0.493 e. The first kappa shape index (κ1) is 14.4. The summed E-state index contributed by atoms with van der Waals surface area (Å²) in [5, 5.41) is 0. The average Bonchev–Trinajstić information content (AvgIpc) is 2.37. The fourth-order valence-corrected chi connectivity index (χ4v) is 1.71. The number of esters is 1. The van der Waals surface area contributed by atoms with E-state index in [9.17, 15) is 4.79 Å². The maximum Gasteiger partial charge on any atom is 0.315 e. The molecule has 0 saturated carbocycles. The standard InChI is InChI=1S/C14H20O4/c1-6-18-12-9-10(7-8-11(12)16-4)14(2,3)13(15)17-5/h7-9H,6H2,1-5H3. The highest BCUT2D eigenvalue weighted by Gasteiger charge is 2.31. The van der Waals surface area contributed by atoms with Crippen molar-refractivity contribution in [2.75, 3.05) is 20.8 Å². The molecule has 0 aliphatic rings. The van der Waals surface area contributed by atoms with Gasteiger partial charge in [0.15, 0.2) is 11.5 Å². The van der Waals surface area contributed by atoms with E-state index < -0.39 is 5.41 Å². The summed E-state index contributed by atoms with van der Waals surface area (Å²) < 4.78 is 15.5. The summed E-state index contributed by atoms with van der Waals surface area (Å²) in [5.41, 5.74) is 0.117. The summed E-state index contributed by atoms with van der Waals surface area (Å²) in [6.07, 6.45) is 0. The van der Waals surface area contributed by atoms with Crippen LogP contribution in [0.5, 0.6) is 11.5 Å². The van der Waals surface area contributed by atoms with Gasteiger partial charge >= 0.3 is 5.97 Å². The summed E-state index contributed by atoms with van der Waals surface area (Å²) >= 11 is 0. The van der Waals surface area contributed by atoms with Crippen LogP contribution in [-0.4, -0.2) is 26.8 Å². The molecule has 1 rings (SSSR count). The van der Waals surface area contributed by atoms with Crippen LogP contribution in [0.4, 0.5) is 0 Å². The van der Waals surface area contributed by atoms with Crippen molar-refractivity contribution in [3.8, 4) is 11.5 Å². The quantitative estimate of drug-likeness (QED) is 0.755. The molecule has 4 heteroatoms. The minimum Gasteiger partial charge on any atom is -0.493 e. The third kappa shape index (κ3) is 2.75. The molecule has 0 heterocycles. The third-order valence-corrected chi connectivity index (χ3v) is 2.88. The highest BCUT2D eigenvalue weighted by molar-refractivity contribution is 5.82. The Kier molecular flexibility index (Phi) is 4.59. The Bertz CT molecular complexity index is 424. The second-order valence-corrected chi connectivity index (χ2v) is 4.42. The fraction of sp³-hybridized carbons (Fsp3) is 0.500. The molecule has 0 aromatic heterocycles. The molecule has 0 amide bonds. The molecule has 0 radical (unpaired) electrons. The maximum absolute atomic E-state index is 11.8. The number of carbonyl (C=O) groups is 1. The molecule has 0 spiro atoms. The number of ether oxygens (including phenoxy) is 3. The highest BCUT2D eigenvalue weighted by Crippen LogP contribution is 2.33. The first-order valence-electron chi connectivity index (χ1n) is 5.87. The molecule has 100 valence electrons. The van der Waals surface area contributed by atoms with Gasteiger partial charge in [0, 0.05) is 0 Å². The topological polar surface area (TPSA) is 44.8 Å². The van der Waals surface area contributed by atoms with E-state index in [1.54, 1.807) is 13.2 Å². The van der Waals surface area contributed by atoms with Crippen LogP contribution in [0.2, 0.25) is 0 Å². The molecule has 0 aliphatic carbocycles. The van der Waals surface area contributed by atoms with Gasteiger partial charge in [-0.15, -0.1) is 0 Å². The molecule has 0 N–H and O–H groups in total. The second kappa shape index (κ2) is 5.76. The van der Waals surface area contributed by atoms with Gasteiger partial charge in [-0.2, -0.15) is 0 Å². The molecule has 1 aromatic carbocycles. The summed E-state index contributed by atoms with van der Waals surface area (Å²) in [4.78, 5) is 11.8. The normalized spacial score (nSPS) is 10.9. The maximum atomic E-state index is 11.8. The lowest BCUT2D eigenvalue weighted by molar-refractivity contribution is -0.146. The number of rotatable bonds is 5. The van der Waals surface area contributed by atoms with Gasteiger partial charge in [-0.1, -0.05) is 6.07 Å². The smallest absolute Gasteiger partial charge is 0.315 e. The van der Waals surface area contributed by atoms with Crippen molar-refractivity contribution in [3.63, 3.8) is 0 Å². The molecule has 4 nitrogen and oxygen atoms in total. The van der Waals surface area contributed by atoms with E-state index in [0.717, 1.165) is 5.56 Å². The van der Waals surface area contributed by atoms with E-state index in [2.05, 4.69) is 0 Å². The highest BCUT2D eigenvalue weighted by atomic mass is 16.5. The van der Waals surface area contributed by atoms with Gasteiger partial charge in [0.25, 0.3) is 0 Å². The molecule has 0 saturated heterocycles. The van der Waals surface area contributed by atoms with Crippen LogP contribution in [-0.2, 0) is 14.9 Å². The monoisotopic (exact) mass is 252 g/mol. The van der Waals surface area contributed by atoms with Gasteiger partial charge in [-0.3, -0.25) is 4.79 Å². The Morgan fingerprint density at radius 3 is 2.39 bits per heavy atom. The van der Waals surface area contributed by atoms with Crippen LogP contribution >= 0.6 is 0 Å². The summed E-state index contributed by atoms with van der Waals surface area (Å²) in [6, 6.07) is 5.46. The van der Waals surface area contributed by atoms with Crippen molar-refractivity contribution < 1.29 is 19.0 Å². The number of carbonyl (C=O) groups excluding carboxylic acids is 1. The lowest BCUT2D eigenvalue weighted by atomic mass is 9.84. The molecular weight excluding hydrogens is 232 g/mol. The van der Waals surface area contributed by atoms with E-state index in [-0.39, 0.29) is 5.97 Å². The predicted molar refractivity (Wildman–Crippen MR) is 69.2 cm³/mol. The van der Waals surface area contributed by atoms with Crippen LogP contribution in [0.1, 0.15) is 26.3 Å². The lowest BCUT2D eigenvalue weighted by Gasteiger charge is -2.23. The van der Waals surface area contributed by atoms with Crippen molar-refractivity contribution >= 4 is 5.97 Å². The first-order chi connectivity index (χ1) is 8.47. The molecule has 0 fully saturated rings. The SMILES string of the molecule is CCOc1cc(C(C)(C)C(=O)OC)ccc1OC. The van der Waals surface area contributed by atoms with Crippen molar-refractivity contribution in [1.29, 1.82) is 0 Å². The van der Waals surface area contributed by atoms with Gasteiger partial charge in [0.1, 0.15) is 0 Å². The molecule has 0 bridgehead atoms. The van der Waals surface area contributed by atoms with E-state index in [1.807, 2.05) is 32.9 Å². The molecular formula is C14H20O4. The zero-order valence-electron chi connectivity index (χ0n) is 11.6. The molecule has 1 aromatic rings. The van der Waals surface area contributed by atoms with Crippen LogP contribution in [0.25, 0.3) is 0 Å². The number of hydrogen-bond acceptors (Lipinski definition) is 4. The molecule has 18 heavy (non-hydrogen) atoms. The number of methoxy groups -OCH3 is 2. The Morgan fingerprint density at radius 1 is 1.22 bits per heavy atom. The Hall–Kier alpha value is -1.71. The Labute approximate surface area is 108 Å². The first-order valence-corrected chi connectivity index (χ1v) is 5.87. The van der Waals surface area contributed by atoms with Crippen LogP contribution in [0, 0.1) is 0 Å². The minimum atomic E-state index is -0.715. The fourth-order valence-electron chi connectivity index (χ4n) is 1.71. The second-order valence-electron chi connectivity index (χ2n) is 4.42. The van der Waals surface area contributed by atoms with E-state index in [1.165, 1.54) is 7.11 Å². The van der Waals surface area contributed by atoms with Gasteiger partial charge in [0.05, 0.1) is 26.2 Å². The predicted octanol–water partition coefficient (Wildman–Crippen LogP) is 2.54. The Morgan fingerprint density at radius 2 is 1.89 bits per heavy atom. The number of benzene rings is 1. The van der Waals surface area contributed by atoms with E-state index in [4.69, 9.17) is 14.2 Å². The van der Waals surface area contributed by atoms with Crippen LogP contribution in [0.3, 0.4) is 0 Å². The van der Waals surface area contributed by atoms with Gasteiger partial charge in [-0.05, 0) is 38.5 Å². The van der Waals surface area contributed by atoms with E-state index in [0.29, 0.717) is 18.1 Å². The molecule has 0 aliphatic heterocycles. The van der Waals surface area contributed by atoms with Gasteiger partial charge in [0.2, 0.25) is 0 Å². The van der Waals surface area contributed by atoms with Crippen molar-refractivity contribution in [2.24, 2.45) is 0 Å². The van der Waals surface area contributed by atoms with E-state index >= 15 is 0 Å². The zero-order chi connectivity index (χ0) is 13.8. The summed E-state index contributed by atoms with van der Waals surface area (Å²) in [7, 11) is 2.97. The lowest BCUT2D eigenvalue weighted by Crippen LogP contribution is -2.30. The minimum absolute atomic E-state index is 0.282. The summed E-state index contributed by atoms with van der Waals surface area (Å²) in [6.45, 7) is 6.07. The third-order valence-electron chi connectivity index (χ3n) is 2.88. The molecule has 0 unspecified atom stereocenters. The van der Waals surface area contributed by atoms with Crippen molar-refractivity contribution in [1.82, 2.24) is 0 Å².